The Hall–Kier alpha value is -3.43. The van der Waals surface area contributed by atoms with Crippen LogP contribution in [-0.4, -0.2) is 38.1 Å². The standard InChI is InChI=1S/C20H19F3N2O5/c1-11(26)25-19(12-5-7-14(8-6-12)20(21,22)23)30-18(24-25)13-9-15(27-2)17(29-4)16(10-13)28-3/h5-10,19H,1-4H3. The van der Waals surface area contributed by atoms with Crippen LogP contribution in [0.3, 0.4) is 0 Å². The number of hydrogen-bond acceptors (Lipinski definition) is 6. The van der Waals surface area contributed by atoms with E-state index in [4.69, 9.17) is 18.9 Å². The van der Waals surface area contributed by atoms with Gasteiger partial charge in [0, 0.05) is 18.1 Å². The van der Waals surface area contributed by atoms with Gasteiger partial charge in [0.15, 0.2) is 11.5 Å². The van der Waals surface area contributed by atoms with Gasteiger partial charge in [-0.05, 0) is 24.3 Å². The lowest BCUT2D eigenvalue weighted by Gasteiger charge is -2.20. The van der Waals surface area contributed by atoms with Gasteiger partial charge in [0.05, 0.1) is 26.9 Å². The van der Waals surface area contributed by atoms with Crippen LogP contribution in [0.5, 0.6) is 17.2 Å². The molecule has 1 aliphatic rings. The highest BCUT2D eigenvalue weighted by Crippen LogP contribution is 2.40. The SMILES string of the molecule is COc1cc(C2=NN(C(C)=O)C(c3ccc(C(F)(F)F)cc3)O2)cc(OC)c1OC. The number of nitrogens with zero attached hydrogens (tertiary/aromatic N) is 2. The van der Waals surface area contributed by atoms with Crippen molar-refractivity contribution in [1.29, 1.82) is 0 Å². The number of amides is 1. The van der Waals surface area contributed by atoms with E-state index in [1.165, 1.54) is 40.4 Å². The monoisotopic (exact) mass is 424 g/mol. The second-order valence-electron chi connectivity index (χ2n) is 6.27. The number of carbonyl (C=O) groups excluding carboxylic acids is 1. The molecule has 2 aromatic rings. The molecule has 10 heteroatoms. The van der Waals surface area contributed by atoms with E-state index in [0.29, 0.717) is 28.4 Å². The Balaban J connectivity index is 1.97. The quantitative estimate of drug-likeness (QED) is 0.727. The van der Waals surface area contributed by atoms with E-state index in [-0.39, 0.29) is 5.90 Å². The molecule has 1 aliphatic heterocycles. The van der Waals surface area contributed by atoms with Gasteiger partial charge in [-0.2, -0.15) is 18.2 Å². The normalized spacial score (nSPS) is 16.0. The van der Waals surface area contributed by atoms with Gasteiger partial charge in [0.1, 0.15) is 0 Å². The first-order valence-electron chi connectivity index (χ1n) is 8.72. The molecular weight excluding hydrogens is 405 g/mol. The molecule has 7 nitrogen and oxygen atoms in total. The van der Waals surface area contributed by atoms with E-state index in [0.717, 1.165) is 17.1 Å². The van der Waals surface area contributed by atoms with E-state index in [1.54, 1.807) is 12.1 Å². The number of rotatable bonds is 5. The summed E-state index contributed by atoms with van der Waals surface area (Å²) >= 11 is 0. The van der Waals surface area contributed by atoms with Crippen molar-refractivity contribution in [3.63, 3.8) is 0 Å². The Labute approximate surface area is 170 Å². The van der Waals surface area contributed by atoms with Gasteiger partial charge in [0.25, 0.3) is 0 Å². The first-order valence-corrected chi connectivity index (χ1v) is 8.72. The number of benzene rings is 2. The zero-order valence-electron chi connectivity index (χ0n) is 16.6. The third-order valence-electron chi connectivity index (χ3n) is 4.40. The van der Waals surface area contributed by atoms with E-state index in [2.05, 4.69) is 5.10 Å². The molecular formula is C20H19F3N2O5. The van der Waals surface area contributed by atoms with Crippen LogP contribution in [0.25, 0.3) is 0 Å². The number of carbonyl (C=O) groups is 1. The van der Waals surface area contributed by atoms with E-state index >= 15 is 0 Å². The van der Waals surface area contributed by atoms with Crippen molar-refractivity contribution < 1.29 is 36.9 Å². The predicted octanol–water partition coefficient (Wildman–Crippen LogP) is 3.97. The fourth-order valence-electron chi connectivity index (χ4n) is 2.94. The topological polar surface area (TPSA) is 69.6 Å². The largest absolute Gasteiger partial charge is 0.493 e. The molecule has 1 heterocycles. The molecule has 1 unspecified atom stereocenters. The molecule has 0 fully saturated rings. The second kappa shape index (κ2) is 8.13. The van der Waals surface area contributed by atoms with Crippen LogP contribution in [0.1, 0.15) is 29.8 Å². The summed E-state index contributed by atoms with van der Waals surface area (Å²) in [5.41, 5.74) is -0.0288. The van der Waals surface area contributed by atoms with Crippen molar-refractivity contribution in [2.75, 3.05) is 21.3 Å². The van der Waals surface area contributed by atoms with Gasteiger partial charge in [-0.25, -0.2) is 0 Å². The summed E-state index contributed by atoms with van der Waals surface area (Å²) in [5, 5.41) is 5.25. The van der Waals surface area contributed by atoms with Gasteiger partial charge in [0.2, 0.25) is 23.8 Å². The van der Waals surface area contributed by atoms with Gasteiger partial charge >= 0.3 is 6.18 Å². The number of alkyl halides is 3. The molecule has 0 saturated carbocycles. The minimum atomic E-state index is -4.47. The van der Waals surface area contributed by atoms with Crippen LogP contribution < -0.4 is 14.2 Å². The van der Waals surface area contributed by atoms with Gasteiger partial charge < -0.3 is 18.9 Å². The molecule has 0 N–H and O–H groups in total. The molecule has 30 heavy (non-hydrogen) atoms. The molecule has 3 rings (SSSR count). The maximum Gasteiger partial charge on any atom is 0.416 e. The molecule has 160 valence electrons. The number of halogens is 3. The minimum Gasteiger partial charge on any atom is -0.493 e. The second-order valence-corrected chi connectivity index (χ2v) is 6.27. The molecule has 0 aromatic heterocycles. The fraction of sp³-hybridized carbons (Fsp3) is 0.300. The number of methoxy groups -OCH3 is 3. The lowest BCUT2D eigenvalue weighted by molar-refractivity contribution is -0.138. The summed E-state index contributed by atoms with van der Waals surface area (Å²) in [7, 11) is 4.36. The number of hydrogen-bond donors (Lipinski definition) is 0. The summed E-state index contributed by atoms with van der Waals surface area (Å²) in [4.78, 5) is 12.1. The smallest absolute Gasteiger partial charge is 0.416 e. The average Bonchev–Trinajstić information content (AvgIpc) is 3.18. The Morgan fingerprint density at radius 3 is 2.03 bits per heavy atom. The van der Waals surface area contributed by atoms with E-state index in [1.807, 2.05) is 0 Å². The minimum absolute atomic E-state index is 0.0781. The van der Waals surface area contributed by atoms with Crippen LogP contribution in [0.4, 0.5) is 13.2 Å². The summed E-state index contributed by atoms with van der Waals surface area (Å²) in [6, 6.07) is 7.53. The molecule has 0 bridgehead atoms. The van der Waals surface area contributed by atoms with Crippen molar-refractivity contribution >= 4 is 11.8 Å². The molecule has 2 aromatic carbocycles. The zero-order valence-corrected chi connectivity index (χ0v) is 16.6. The maximum atomic E-state index is 12.8. The third-order valence-corrected chi connectivity index (χ3v) is 4.40. The molecule has 0 aliphatic carbocycles. The lowest BCUT2D eigenvalue weighted by Crippen LogP contribution is -2.25. The van der Waals surface area contributed by atoms with Gasteiger partial charge in [-0.15, -0.1) is 5.10 Å². The van der Waals surface area contributed by atoms with Crippen molar-refractivity contribution in [1.82, 2.24) is 5.01 Å². The highest BCUT2D eigenvalue weighted by molar-refractivity contribution is 5.97. The van der Waals surface area contributed by atoms with Crippen LogP contribution in [0.2, 0.25) is 0 Å². The summed E-state index contributed by atoms with van der Waals surface area (Å²) in [6.45, 7) is 1.28. The highest BCUT2D eigenvalue weighted by Gasteiger charge is 2.35. The van der Waals surface area contributed by atoms with Crippen molar-refractivity contribution in [3.05, 3.63) is 53.1 Å². The number of hydrazone groups is 1. The molecule has 1 amide bonds. The molecule has 1 atom stereocenters. The van der Waals surface area contributed by atoms with Crippen LogP contribution >= 0.6 is 0 Å². The average molecular weight is 424 g/mol. The van der Waals surface area contributed by atoms with Crippen molar-refractivity contribution in [2.24, 2.45) is 5.10 Å². The van der Waals surface area contributed by atoms with Crippen molar-refractivity contribution in [2.45, 2.75) is 19.3 Å². The van der Waals surface area contributed by atoms with Crippen LogP contribution in [-0.2, 0) is 15.7 Å². The van der Waals surface area contributed by atoms with E-state index < -0.39 is 23.9 Å². The van der Waals surface area contributed by atoms with Gasteiger partial charge in [-0.1, -0.05) is 12.1 Å². The van der Waals surface area contributed by atoms with Crippen LogP contribution in [0.15, 0.2) is 41.5 Å². The highest BCUT2D eigenvalue weighted by atomic mass is 19.4. The lowest BCUT2D eigenvalue weighted by atomic mass is 10.1. The Bertz CT molecular complexity index is 948. The van der Waals surface area contributed by atoms with Crippen LogP contribution in [0, 0.1) is 0 Å². The predicted molar refractivity (Wildman–Crippen MR) is 100 cm³/mol. The Kier molecular flexibility index (Phi) is 5.77. The summed E-state index contributed by atoms with van der Waals surface area (Å²) in [6.07, 6.45) is -5.48. The summed E-state index contributed by atoms with van der Waals surface area (Å²) < 4.78 is 60.2. The maximum absolute atomic E-state index is 12.8. The molecule has 0 saturated heterocycles. The number of ether oxygens (including phenoxy) is 4. The first kappa shape index (κ1) is 21.3. The zero-order chi connectivity index (χ0) is 22.1. The summed E-state index contributed by atoms with van der Waals surface area (Å²) in [5.74, 6) is 0.706. The molecule has 0 spiro atoms. The fourth-order valence-corrected chi connectivity index (χ4v) is 2.94. The van der Waals surface area contributed by atoms with Crippen molar-refractivity contribution in [3.8, 4) is 17.2 Å². The Morgan fingerprint density at radius 1 is 1.03 bits per heavy atom. The van der Waals surface area contributed by atoms with E-state index in [9.17, 15) is 18.0 Å². The Morgan fingerprint density at radius 2 is 1.60 bits per heavy atom. The third kappa shape index (κ3) is 3.98. The first-order chi connectivity index (χ1) is 14.2. The van der Waals surface area contributed by atoms with Gasteiger partial charge in [-0.3, -0.25) is 4.79 Å². The molecule has 0 radical (unpaired) electrons.